The first kappa shape index (κ1) is 23.8. The predicted octanol–water partition coefficient (Wildman–Crippen LogP) is 6.37. The van der Waals surface area contributed by atoms with Crippen LogP contribution < -0.4 is 9.47 Å². The Labute approximate surface area is 203 Å². The lowest BCUT2D eigenvalue weighted by atomic mass is 9.74. The molecule has 1 aliphatic heterocycles. The maximum atomic E-state index is 11.2. The van der Waals surface area contributed by atoms with Gasteiger partial charge in [-0.3, -0.25) is 0 Å². The number of aliphatic carboxylic acids is 1. The predicted molar refractivity (Wildman–Crippen MR) is 131 cm³/mol. The van der Waals surface area contributed by atoms with E-state index in [1.807, 2.05) is 19.1 Å². The molecule has 2 aromatic rings. The second-order valence-corrected chi connectivity index (χ2v) is 10.0. The zero-order chi connectivity index (χ0) is 23.7. The molecule has 0 radical (unpaired) electrons. The minimum Gasteiger partial charge on any atom is -0.497 e. The van der Waals surface area contributed by atoms with Crippen molar-refractivity contribution in [3.8, 4) is 11.5 Å². The summed E-state index contributed by atoms with van der Waals surface area (Å²) in [6.45, 7) is 7.97. The number of carboxylic acids is 1. The van der Waals surface area contributed by atoms with Crippen LogP contribution >= 0.6 is 15.9 Å². The van der Waals surface area contributed by atoms with Gasteiger partial charge >= 0.3 is 5.97 Å². The first-order valence-electron chi connectivity index (χ1n) is 11.4. The molecule has 1 aliphatic carbocycles. The van der Waals surface area contributed by atoms with Crippen LogP contribution in [0.5, 0.6) is 11.5 Å². The molecule has 1 fully saturated rings. The number of ether oxygens (including phenoxy) is 3. The maximum Gasteiger partial charge on any atom is 0.341 e. The van der Waals surface area contributed by atoms with Crippen LogP contribution in [-0.4, -0.2) is 30.9 Å². The Balaban J connectivity index is 1.74. The van der Waals surface area contributed by atoms with Crippen LogP contribution in [-0.2, 0) is 16.0 Å². The first-order valence-corrected chi connectivity index (χ1v) is 12.2. The van der Waals surface area contributed by atoms with Gasteiger partial charge in [-0.15, -0.1) is 0 Å². The van der Waals surface area contributed by atoms with Gasteiger partial charge in [-0.1, -0.05) is 18.2 Å². The average molecular weight is 515 g/mol. The van der Waals surface area contributed by atoms with Gasteiger partial charge in [0.15, 0.2) is 6.61 Å². The van der Waals surface area contributed by atoms with Gasteiger partial charge in [0.1, 0.15) is 11.5 Å². The molecule has 6 heteroatoms. The molecule has 4 rings (SSSR count). The van der Waals surface area contributed by atoms with Crippen molar-refractivity contribution in [2.45, 2.75) is 57.7 Å². The highest BCUT2D eigenvalue weighted by atomic mass is 79.9. The van der Waals surface area contributed by atoms with Crippen molar-refractivity contribution in [1.29, 1.82) is 0 Å². The average Bonchev–Trinajstić information content (AvgIpc) is 2.95. The maximum absolute atomic E-state index is 11.2. The molecule has 33 heavy (non-hydrogen) atoms. The van der Waals surface area contributed by atoms with Gasteiger partial charge in [0.05, 0.1) is 23.8 Å². The number of aryl methyl sites for hydroxylation is 2. The number of hydrogen-bond acceptors (Lipinski definition) is 4. The van der Waals surface area contributed by atoms with E-state index in [1.54, 1.807) is 7.11 Å². The van der Waals surface area contributed by atoms with E-state index >= 15 is 0 Å². The minimum absolute atomic E-state index is 0.0758. The number of fused-ring (bicyclic) bond motifs is 3. The molecule has 1 N–H and O–H groups in total. The molecule has 0 amide bonds. The Hall–Kier alpha value is -2.31. The third-order valence-corrected chi connectivity index (χ3v) is 7.41. The summed E-state index contributed by atoms with van der Waals surface area (Å²) in [5, 5.41) is 9.18. The van der Waals surface area contributed by atoms with Crippen molar-refractivity contribution in [1.82, 2.24) is 0 Å². The molecule has 0 saturated carbocycles. The number of hydrogen-bond donors (Lipinski definition) is 1. The summed E-state index contributed by atoms with van der Waals surface area (Å²) in [6.07, 6.45) is 3.78. The highest BCUT2D eigenvalue weighted by Crippen LogP contribution is 2.51. The van der Waals surface area contributed by atoms with Crippen LogP contribution in [0.25, 0.3) is 0 Å². The second-order valence-electron chi connectivity index (χ2n) is 9.19. The highest BCUT2D eigenvalue weighted by Gasteiger charge is 2.42. The normalized spacial score (nSPS) is 24.2. The van der Waals surface area contributed by atoms with Crippen LogP contribution in [0.15, 0.2) is 47.0 Å². The van der Waals surface area contributed by atoms with Gasteiger partial charge in [-0.25, -0.2) is 4.79 Å². The van der Waals surface area contributed by atoms with Gasteiger partial charge in [-0.05, 0) is 96.4 Å². The Kier molecular flexibility index (Phi) is 7.15. The Bertz CT molecular complexity index is 1060. The van der Waals surface area contributed by atoms with E-state index in [0.29, 0.717) is 5.75 Å². The SMILES string of the molecule is C=C(C)[C@@H]1C[C@@H]2c3ccc(OC)cc3CCC[C@@H]2O[C@@H]1c1cc(C)cc(Br)c1OCC(=O)O. The van der Waals surface area contributed by atoms with Crippen LogP contribution in [0.2, 0.25) is 0 Å². The van der Waals surface area contributed by atoms with E-state index < -0.39 is 12.6 Å². The summed E-state index contributed by atoms with van der Waals surface area (Å²) in [4.78, 5) is 11.2. The first-order chi connectivity index (χ1) is 15.8. The van der Waals surface area contributed by atoms with Crippen LogP contribution in [0.3, 0.4) is 0 Å². The fourth-order valence-corrected chi connectivity index (χ4v) is 6.01. The quantitative estimate of drug-likeness (QED) is 0.453. The van der Waals surface area contributed by atoms with Crippen molar-refractivity contribution < 1.29 is 24.1 Å². The standard InChI is InChI=1S/C27H31BrO5/c1-15(2)20-13-21-19-9-8-18(31-4)12-17(19)6-5-7-24(21)33-26(20)22-10-16(3)11-23(28)27(22)32-14-25(29)30/h8-12,20-21,24,26H,1,5-7,13-14H2,2-4H3,(H,29,30)/t20-,21+,24-,26-/m0/s1. The zero-order valence-corrected chi connectivity index (χ0v) is 21.0. The fourth-order valence-electron chi connectivity index (χ4n) is 5.31. The summed E-state index contributed by atoms with van der Waals surface area (Å²) in [7, 11) is 1.71. The fraction of sp³-hybridized carbons (Fsp3) is 0.444. The van der Waals surface area contributed by atoms with Gasteiger partial charge < -0.3 is 19.3 Å². The molecule has 1 saturated heterocycles. The molecule has 5 nitrogen and oxygen atoms in total. The molecule has 4 atom stereocenters. The summed E-state index contributed by atoms with van der Waals surface area (Å²) >= 11 is 3.58. The molecule has 1 heterocycles. The monoisotopic (exact) mass is 514 g/mol. The smallest absolute Gasteiger partial charge is 0.341 e. The lowest BCUT2D eigenvalue weighted by Gasteiger charge is -2.43. The van der Waals surface area contributed by atoms with E-state index in [1.165, 1.54) is 11.1 Å². The van der Waals surface area contributed by atoms with E-state index in [4.69, 9.17) is 14.2 Å². The molecule has 2 aliphatic rings. The molecule has 0 unspecified atom stereocenters. The number of carboxylic acid groups (broad SMARTS) is 1. The van der Waals surface area contributed by atoms with E-state index in [2.05, 4.69) is 47.6 Å². The van der Waals surface area contributed by atoms with E-state index in [9.17, 15) is 9.90 Å². The van der Waals surface area contributed by atoms with Crippen molar-refractivity contribution in [2.24, 2.45) is 5.92 Å². The van der Waals surface area contributed by atoms with E-state index in [-0.39, 0.29) is 24.0 Å². The largest absolute Gasteiger partial charge is 0.497 e. The number of methoxy groups -OCH3 is 1. The minimum atomic E-state index is -1.01. The molecular formula is C27H31BrO5. The van der Waals surface area contributed by atoms with Gasteiger partial charge in [-0.2, -0.15) is 0 Å². The lowest BCUT2D eigenvalue weighted by molar-refractivity contribution is -0.139. The van der Waals surface area contributed by atoms with Crippen molar-refractivity contribution in [3.05, 3.63) is 69.2 Å². The number of benzene rings is 2. The third kappa shape index (κ3) is 4.97. The number of carbonyl (C=O) groups is 1. The summed E-state index contributed by atoms with van der Waals surface area (Å²) in [6, 6.07) is 10.4. The second kappa shape index (κ2) is 9.90. The molecule has 0 aromatic heterocycles. The zero-order valence-electron chi connectivity index (χ0n) is 19.4. The lowest BCUT2D eigenvalue weighted by Crippen LogP contribution is -2.36. The Morgan fingerprint density at radius 3 is 2.76 bits per heavy atom. The highest BCUT2D eigenvalue weighted by molar-refractivity contribution is 9.10. The topological polar surface area (TPSA) is 65.0 Å². The molecule has 176 valence electrons. The van der Waals surface area contributed by atoms with Crippen LogP contribution in [0.1, 0.15) is 60.5 Å². The van der Waals surface area contributed by atoms with Crippen molar-refractivity contribution in [2.75, 3.05) is 13.7 Å². The van der Waals surface area contributed by atoms with E-state index in [0.717, 1.165) is 52.6 Å². The van der Waals surface area contributed by atoms with Gasteiger partial charge in [0.25, 0.3) is 0 Å². The molecule has 0 spiro atoms. The number of rotatable bonds is 6. The summed E-state index contributed by atoms with van der Waals surface area (Å²) in [5.41, 5.74) is 5.68. The number of halogens is 1. The van der Waals surface area contributed by atoms with Crippen LogP contribution in [0.4, 0.5) is 0 Å². The van der Waals surface area contributed by atoms with Gasteiger partial charge in [0, 0.05) is 17.4 Å². The van der Waals surface area contributed by atoms with Crippen LogP contribution in [0, 0.1) is 12.8 Å². The summed E-state index contributed by atoms with van der Waals surface area (Å²) < 4.78 is 18.8. The molecule has 2 aromatic carbocycles. The molecular weight excluding hydrogens is 484 g/mol. The Morgan fingerprint density at radius 2 is 2.06 bits per heavy atom. The van der Waals surface area contributed by atoms with Crippen molar-refractivity contribution in [3.63, 3.8) is 0 Å². The van der Waals surface area contributed by atoms with Crippen molar-refractivity contribution >= 4 is 21.9 Å². The Morgan fingerprint density at radius 1 is 1.27 bits per heavy atom. The van der Waals surface area contributed by atoms with Gasteiger partial charge in [0.2, 0.25) is 0 Å². The third-order valence-electron chi connectivity index (χ3n) is 6.82. The molecule has 0 bridgehead atoms. The summed E-state index contributed by atoms with van der Waals surface area (Å²) in [5.74, 6) is 0.785.